The van der Waals surface area contributed by atoms with Crippen LogP contribution in [0.2, 0.25) is 5.02 Å². The molecule has 0 radical (unpaired) electrons. The van der Waals surface area contributed by atoms with Gasteiger partial charge in [-0.05, 0) is 30.7 Å². The molecule has 0 aliphatic rings. The van der Waals surface area contributed by atoms with Crippen LogP contribution in [0.5, 0.6) is 0 Å². The Kier molecular flexibility index (Phi) is 4.56. The zero-order valence-electron chi connectivity index (χ0n) is 8.74. The van der Waals surface area contributed by atoms with Crippen molar-refractivity contribution in [2.45, 2.75) is 6.92 Å². The van der Waals surface area contributed by atoms with Gasteiger partial charge in [0.25, 0.3) is 0 Å². The number of nitrogens with zero attached hydrogens (tertiary/aromatic N) is 1. The van der Waals surface area contributed by atoms with Crippen molar-refractivity contribution >= 4 is 23.6 Å². The van der Waals surface area contributed by atoms with Gasteiger partial charge in [0, 0.05) is 6.08 Å². The van der Waals surface area contributed by atoms with E-state index in [1.165, 1.54) is 6.08 Å². The topological polar surface area (TPSA) is 50.1 Å². The first-order valence-electron chi connectivity index (χ1n) is 4.72. The molecular weight excluding hydrogens is 226 g/mol. The second-order valence-corrected chi connectivity index (χ2v) is 3.34. The zero-order valence-corrected chi connectivity index (χ0v) is 9.49. The molecule has 1 aromatic rings. The fourth-order valence-electron chi connectivity index (χ4n) is 1.09. The van der Waals surface area contributed by atoms with Gasteiger partial charge in [-0.1, -0.05) is 17.7 Å². The molecule has 0 aromatic heterocycles. The van der Waals surface area contributed by atoms with Crippen LogP contribution in [0.4, 0.5) is 0 Å². The van der Waals surface area contributed by atoms with Crippen LogP contribution in [0.25, 0.3) is 6.08 Å². The maximum absolute atomic E-state index is 11.0. The van der Waals surface area contributed by atoms with Crippen LogP contribution < -0.4 is 0 Å². The lowest BCUT2D eigenvalue weighted by molar-refractivity contribution is -0.137. The van der Waals surface area contributed by atoms with Crippen molar-refractivity contribution < 1.29 is 9.53 Å². The summed E-state index contributed by atoms with van der Waals surface area (Å²) in [6, 6.07) is 6.91. The molecule has 82 valence electrons. The number of esters is 1. The highest BCUT2D eigenvalue weighted by molar-refractivity contribution is 6.31. The van der Waals surface area contributed by atoms with Crippen LogP contribution in [0, 0.1) is 11.3 Å². The first kappa shape index (κ1) is 12.3. The standard InChI is InChI=1S/C12H10ClNO2/c1-2-16-12(15)6-4-9-3-5-11(13)10(7-9)8-14/h3-7H,2H2,1H3. The minimum Gasteiger partial charge on any atom is -0.463 e. The van der Waals surface area contributed by atoms with Crippen molar-refractivity contribution in [2.24, 2.45) is 0 Å². The first-order chi connectivity index (χ1) is 7.67. The third-order valence-corrected chi connectivity index (χ3v) is 2.14. The van der Waals surface area contributed by atoms with Crippen LogP contribution >= 0.6 is 11.6 Å². The molecule has 0 spiro atoms. The lowest BCUT2D eigenvalue weighted by atomic mass is 10.1. The molecule has 0 bridgehead atoms. The molecule has 0 unspecified atom stereocenters. The lowest BCUT2D eigenvalue weighted by Gasteiger charge is -1.97. The number of carbonyl (C=O) groups is 1. The van der Waals surface area contributed by atoms with Crippen LogP contribution in [-0.4, -0.2) is 12.6 Å². The quantitative estimate of drug-likeness (QED) is 0.598. The van der Waals surface area contributed by atoms with Crippen LogP contribution in [0.15, 0.2) is 24.3 Å². The molecule has 0 aliphatic carbocycles. The fraction of sp³-hybridized carbons (Fsp3) is 0.167. The normalized spacial score (nSPS) is 10.1. The summed E-state index contributed by atoms with van der Waals surface area (Å²) in [5, 5.41) is 9.15. The number of carbonyl (C=O) groups excluding carboxylic acids is 1. The molecule has 0 aliphatic heterocycles. The Morgan fingerprint density at radius 1 is 1.62 bits per heavy atom. The number of benzene rings is 1. The second-order valence-electron chi connectivity index (χ2n) is 2.94. The van der Waals surface area contributed by atoms with Gasteiger partial charge >= 0.3 is 5.97 Å². The molecule has 0 heterocycles. The highest BCUT2D eigenvalue weighted by Crippen LogP contribution is 2.17. The van der Waals surface area contributed by atoms with Crippen molar-refractivity contribution in [1.82, 2.24) is 0 Å². The van der Waals surface area contributed by atoms with Gasteiger partial charge in [0.05, 0.1) is 17.2 Å². The summed E-state index contributed by atoms with van der Waals surface area (Å²) in [7, 11) is 0. The first-order valence-corrected chi connectivity index (χ1v) is 5.09. The molecule has 0 fully saturated rings. The lowest BCUT2D eigenvalue weighted by Crippen LogP contribution is -1.98. The van der Waals surface area contributed by atoms with Crippen molar-refractivity contribution in [3.8, 4) is 6.07 Å². The van der Waals surface area contributed by atoms with E-state index in [0.717, 1.165) is 5.56 Å². The monoisotopic (exact) mass is 235 g/mol. The largest absolute Gasteiger partial charge is 0.463 e. The zero-order chi connectivity index (χ0) is 12.0. The molecular formula is C12H10ClNO2. The van der Waals surface area contributed by atoms with E-state index >= 15 is 0 Å². The molecule has 0 amide bonds. The summed E-state index contributed by atoms with van der Waals surface area (Å²) in [6.07, 6.45) is 2.89. The third kappa shape index (κ3) is 3.41. The third-order valence-electron chi connectivity index (χ3n) is 1.81. The number of hydrogen-bond donors (Lipinski definition) is 0. The van der Waals surface area contributed by atoms with Crippen LogP contribution in [0.1, 0.15) is 18.1 Å². The Bertz CT molecular complexity index is 461. The molecule has 4 heteroatoms. The van der Waals surface area contributed by atoms with Crippen molar-refractivity contribution in [3.63, 3.8) is 0 Å². The van der Waals surface area contributed by atoms with Gasteiger partial charge in [-0.2, -0.15) is 5.26 Å². The van der Waals surface area contributed by atoms with E-state index < -0.39 is 5.97 Å². The number of rotatable bonds is 3. The summed E-state index contributed by atoms with van der Waals surface area (Å²) in [6.45, 7) is 2.08. The van der Waals surface area contributed by atoms with Crippen LogP contribution in [-0.2, 0) is 9.53 Å². The molecule has 0 N–H and O–H groups in total. The molecule has 1 rings (SSSR count). The number of ether oxygens (including phenoxy) is 1. The van der Waals surface area contributed by atoms with Crippen LogP contribution in [0.3, 0.4) is 0 Å². The average Bonchev–Trinajstić information content (AvgIpc) is 2.28. The minimum absolute atomic E-state index is 0.341. The second kappa shape index (κ2) is 5.94. The maximum atomic E-state index is 11.0. The number of halogens is 1. The summed E-state index contributed by atoms with van der Waals surface area (Å²) >= 11 is 5.77. The predicted molar refractivity (Wildman–Crippen MR) is 61.8 cm³/mol. The van der Waals surface area contributed by atoms with Gasteiger partial charge in [-0.15, -0.1) is 0 Å². The fourth-order valence-corrected chi connectivity index (χ4v) is 1.25. The van der Waals surface area contributed by atoms with E-state index in [2.05, 4.69) is 0 Å². The van der Waals surface area contributed by atoms with Gasteiger partial charge < -0.3 is 4.74 Å². The van der Waals surface area contributed by atoms with E-state index in [9.17, 15) is 4.79 Å². The number of nitriles is 1. The van der Waals surface area contributed by atoms with Crippen molar-refractivity contribution in [2.75, 3.05) is 6.61 Å². The predicted octanol–water partition coefficient (Wildman–Crippen LogP) is 2.79. The molecule has 0 saturated carbocycles. The van der Waals surface area contributed by atoms with E-state index in [1.54, 1.807) is 31.2 Å². The molecule has 1 aromatic carbocycles. The Balaban J connectivity index is 2.83. The highest BCUT2D eigenvalue weighted by Gasteiger charge is 1.99. The summed E-state index contributed by atoms with van der Waals surface area (Å²) in [4.78, 5) is 11.0. The number of hydrogen-bond acceptors (Lipinski definition) is 3. The van der Waals surface area contributed by atoms with E-state index in [4.69, 9.17) is 21.6 Å². The van der Waals surface area contributed by atoms with E-state index in [-0.39, 0.29) is 0 Å². The Morgan fingerprint density at radius 2 is 2.38 bits per heavy atom. The molecule has 0 saturated heterocycles. The van der Waals surface area contributed by atoms with E-state index in [1.807, 2.05) is 6.07 Å². The van der Waals surface area contributed by atoms with Gasteiger partial charge in [0.15, 0.2) is 0 Å². The minimum atomic E-state index is -0.407. The van der Waals surface area contributed by atoms with Crippen molar-refractivity contribution in [3.05, 3.63) is 40.4 Å². The Morgan fingerprint density at radius 3 is 3.00 bits per heavy atom. The summed E-state index contributed by atoms with van der Waals surface area (Å²) in [5.74, 6) is -0.407. The average molecular weight is 236 g/mol. The van der Waals surface area contributed by atoms with Gasteiger partial charge in [0.1, 0.15) is 6.07 Å². The SMILES string of the molecule is CCOC(=O)C=Cc1ccc(Cl)c(C#N)c1. The summed E-state index contributed by atoms with van der Waals surface area (Å²) in [5.41, 5.74) is 1.11. The molecule has 3 nitrogen and oxygen atoms in total. The van der Waals surface area contributed by atoms with E-state index in [0.29, 0.717) is 17.2 Å². The Labute approximate surface area is 98.9 Å². The molecule has 16 heavy (non-hydrogen) atoms. The summed E-state index contributed by atoms with van der Waals surface area (Å²) < 4.78 is 4.73. The van der Waals surface area contributed by atoms with Gasteiger partial charge in [-0.3, -0.25) is 0 Å². The highest BCUT2D eigenvalue weighted by atomic mass is 35.5. The van der Waals surface area contributed by atoms with Gasteiger partial charge in [0.2, 0.25) is 0 Å². The molecule has 0 atom stereocenters. The smallest absolute Gasteiger partial charge is 0.330 e. The van der Waals surface area contributed by atoms with Gasteiger partial charge in [-0.25, -0.2) is 4.79 Å². The maximum Gasteiger partial charge on any atom is 0.330 e. The van der Waals surface area contributed by atoms with Crippen molar-refractivity contribution in [1.29, 1.82) is 5.26 Å². The Hall–Kier alpha value is -1.79.